The van der Waals surface area contributed by atoms with E-state index in [1.807, 2.05) is 0 Å². The van der Waals surface area contributed by atoms with Gasteiger partial charge in [0.25, 0.3) is 11.8 Å². The fourth-order valence-corrected chi connectivity index (χ4v) is 2.05. The Balaban J connectivity index is 1.72. The van der Waals surface area contributed by atoms with Crippen LogP contribution < -0.4 is 0 Å². The lowest BCUT2D eigenvalue weighted by atomic mass is 10.1. The Morgan fingerprint density at radius 2 is 1.57 bits per heavy atom. The predicted octanol–water partition coefficient (Wildman–Crippen LogP) is 1.49. The normalized spacial score (nSPS) is 13.2. The molecule has 0 aliphatic carbocycles. The van der Waals surface area contributed by atoms with Crippen LogP contribution in [0.5, 0.6) is 0 Å². The summed E-state index contributed by atoms with van der Waals surface area (Å²) in [4.78, 5) is 40.6. The predicted molar refractivity (Wildman–Crippen MR) is 71.5 cm³/mol. The van der Waals surface area contributed by atoms with Crippen molar-refractivity contribution in [3.8, 4) is 0 Å². The van der Waals surface area contributed by atoms with Crippen LogP contribution in [0.1, 0.15) is 31.1 Å². The van der Waals surface area contributed by atoms with E-state index in [2.05, 4.69) is 4.98 Å². The highest BCUT2D eigenvalue weighted by Crippen LogP contribution is 2.22. The molecule has 0 radical (unpaired) electrons. The minimum atomic E-state index is -0.617. The Bertz CT molecular complexity index is 692. The minimum Gasteiger partial charge on any atom is -0.440 e. The van der Waals surface area contributed by atoms with Gasteiger partial charge >= 0.3 is 5.97 Å². The maximum Gasteiger partial charge on any atom is 0.339 e. The number of hydrogen-bond donors (Lipinski definition) is 0. The summed E-state index contributed by atoms with van der Waals surface area (Å²) < 4.78 is 5.00. The lowest BCUT2D eigenvalue weighted by Gasteiger charge is -2.13. The summed E-state index contributed by atoms with van der Waals surface area (Å²) >= 11 is 0. The number of carbonyl (C=O) groups excluding carboxylic acids is 3. The molecule has 0 unspecified atom stereocenters. The largest absolute Gasteiger partial charge is 0.440 e. The second kappa shape index (κ2) is 5.16. The molecule has 2 amide bonds. The van der Waals surface area contributed by atoms with Crippen molar-refractivity contribution in [2.45, 2.75) is 0 Å². The van der Waals surface area contributed by atoms with Crippen molar-refractivity contribution in [2.24, 2.45) is 0 Å². The number of aromatic nitrogens is 1. The number of rotatable bonds is 3. The second-order valence-corrected chi connectivity index (χ2v) is 4.38. The van der Waals surface area contributed by atoms with E-state index in [4.69, 9.17) is 4.74 Å². The molecule has 1 aromatic heterocycles. The molecule has 1 aliphatic rings. The monoisotopic (exact) mass is 282 g/mol. The van der Waals surface area contributed by atoms with Gasteiger partial charge in [0.2, 0.25) is 0 Å². The highest BCUT2D eigenvalue weighted by atomic mass is 16.5. The Labute approximate surface area is 120 Å². The number of hydrogen-bond acceptors (Lipinski definition) is 5. The molecular weight excluding hydrogens is 272 g/mol. The van der Waals surface area contributed by atoms with Gasteiger partial charge in [0.1, 0.15) is 0 Å². The second-order valence-electron chi connectivity index (χ2n) is 4.38. The zero-order chi connectivity index (χ0) is 14.8. The Hall–Kier alpha value is -3.02. The van der Waals surface area contributed by atoms with Crippen LogP contribution in [0.3, 0.4) is 0 Å². The van der Waals surface area contributed by atoms with Gasteiger partial charge < -0.3 is 4.74 Å². The highest BCUT2D eigenvalue weighted by Gasteiger charge is 2.35. The molecule has 2 heterocycles. The molecule has 0 spiro atoms. The topological polar surface area (TPSA) is 76.6 Å². The van der Waals surface area contributed by atoms with Crippen LogP contribution in [0, 0.1) is 0 Å². The van der Waals surface area contributed by atoms with Crippen LogP contribution in [-0.2, 0) is 4.74 Å². The molecule has 104 valence electrons. The van der Waals surface area contributed by atoms with Gasteiger partial charge in [-0.15, -0.1) is 0 Å². The van der Waals surface area contributed by atoms with E-state index in [9.17, 15) is 14.4 Å². The van der Waals surface area contributed by atoms with E-state index >= 15 is 0 Å². The fourth-order valence-electron chi connectivity index (χ4n) is 2.05. The molecule has 1 aromatic carbocycles. The smallest absolute Gasteiger partial charge is 0.339 e. The average molecular weight is 282 g/mol. The molecule has 0 atom stereocenters. The summed E-state index contributed by atoms with van der Waals surface area (Å²) in [6.45, 7) is -0.409. The van der Waals surface area contributed by atoms with Crippen molar-refractivity contribution < 1.29 is 19.1 Å². The van der Waals surface area contributed by atoms with Crippen molar-refractivity contribution in [1.82, 2.24) is 9.88 Å². The Kier molecular flexibility index (Phi) is 3.19. The maximum atomic E-state index is 12.1. The quantitative estimate of drug-likeness (QED) is 0.629. The molecule has 1 aliphatic heterocycles. The van der Waals surface area contributed by atoms with Gasteiger partial charge in [-0.1, -0.05) is 12.1 Å². The van der Waals surface area contributed by atoms with Crippen molar-refractivity contribution in [3.05, 3.63) is 65.5 Å². The summed E-state index contributed by atoms with van der Waals surface area (Å²) in [6.07, 6.45) is 2.91. The first kappa shape index (κ1) is 13.0. The summed E-state index contributed by atoms with van der Waals surface area (Å²) in [6, 6.07) is 9.48. The van der Waals surface area contributed by atoms with Gasteiger partial charge in [0, 0.05) is 12.4 Å². The first-order chi connectivity index (χ1) is 10.2. The molecule has 0 bridgehead atoms. The summed E-state index contributed by atoms with van der Waals surface area (Å²) in [5.74, 6) is -1.54. The van der Waals surface area contributed by atoms with Gasteiger partial charge in [0.15, 0.2) is 6.73 Å². The lowest BCUT2D eigenvalue weighted by molar-refractivity contribution is 0.0228. The molecule has 0 saturated heterocycles. The van der Waals surface area contributed by atoms with Crippen LogP contribution in [-0.4, -0.2) is 34.4 Å². The van der Waals surface area contributed by atoms with E-state index < -0.39 is 24.5 Å². The number of esters is 1. The molecule has 6 heteroatoms. The van der Waals surface area contributed by atoms with Gasteiger partial charge in [-0.25, -0.2) is 9.69 Å². The molecule has 3 rings (SSSR count). The van der Waals surface area contributed by atoms with Gasteiger partial charge in [0.05, 0.1) is 16.7 Å². The SMILES string of the molecule is O=C(OCN1C(=O)c2ccccc2C1=O)c1ccncc1. The van der Waals surface area contributed by atoms with E-state index in [-0.39, 0.29) is 0 Å². The van der Waals surface area contributed by atoms with E-state index in [1.54, 1.807) is 24.3 Å². The van der Waals surface area contributed by atoms with Crippen molar-refractivity contribution in [1.29, 1.82) is 0 Å². The first-order valence-corrected chi connectivity index (χ1v) is 6.21. The third kappa shape index (κ3) is 2.27. The van der Waals surface area contributed by atoms with Crippen LogP contribution in [0.25, 0.3) is 0 Å². The third-order valence-corrected chi connectivity index (χ3v) is 3.12. The lowest BCUT2D eigenvalue weighted by Crippen LogP contribution is -2.33. The van der Waals surface area contributed by atoms with Crippen LogP contribution in [0.4, 0.5) is 0 Å². The molecule has 6 nitrogen and oxygen atoms in total. The maximum absolute atomic E-state index is 12.1. The van der Waals surface area contributed by atoms with E-state index in [1.165, 1.54) is 24.5 Å². The summed E-state index contributed by atoms with van der Waals surface area (Å²) in [5, 5.41) is 0. The van der Waals surface area contributed by atoms with Gasteiger partial charge in [-0.2, -0.15) is 0 Å². The molecule has 0 fully saturated rings. The van der Waals surface area contributed by atoms with Gasteiger partial charge in [-0.3, -0.25) is 14.6 Å². The van der Waals surface area contributed by atoms with Crippen LogP contribution in [0.2, 0.25) is 0 Å². The third-order valence-electron chi connectivity index (χ3n) is 3.12. The van der Waals surface area contributed by atoms with Gasteiger partial charge in [-0.05, 0) is 24.3 Å². The van der Waals surface area contributed by atoms with Crippen LogP contribution in [0.15, 0.2) is 48.8 Å². The molecule has 2 aromatic rings. The number of nitrogens with zero attached hydrogens (tertiary/aromatic N) is 2. The first-order valence-electron chi connectivity index (χ1n) is 6.21. The number of amides is 2. The Morgan fingerprint density at radius 1 is 1.00 bits per heavy atom. The number of carbonyl (C=O) groups is 3. The average Bonchev–Trinajstić information content (AvgIpc) is 2.78. The summed E-state index contributed by atoms with van der Waals surface area (Å²) in [7, 11) is 0. The molecule has 0 N–H and O–H groups in total. The van der Waals surface area contributed by atoms with Crippen LogP contribution >= 0.6 is 0 Å². The van der Waals surface area contributed by atoms with Crippen molar-refractivity contribution in [3.63, 3.8) is 0 Å². The van der Waals surface area contributed by atoms with E-state index in [0.29, 0.717) is 16.7 Å². The Morgan fingerprint density at radius 3 is 2.14 bits per heavy atom. The van der Waals surface area contributed by atoms with Crippen molar-refractivity contribution in [2.75, 3.05) is 6.73 Å². The number of ether oxygens (including phenoxy) is 1. The number of fused-ring (bicyclic) bond motifs is 1. The number of benzene rings is 1. The van der Waals surface area contributed by atoms with E-state index in [0.717, 1.165) is 4.90 Å². The fraction of sp³-hybridized carbons (Fsp3) is 0.0667. The number of imide groups is 1. The minimum absolute atomic E-state index is 0.307. The standard InChI is InChI=1S/C15H10N2O4/c18-13-11-3-1-2-4-12(11)14(19)17(13)9-21-15(20)10-5-7-16-8-6-10/h1-8H,9H2. The zero-order valence-corrected chi connectivity index (χ0v) is 10.9. The van der Waals surface area contributed by atoms with Crippen molar-refractivity contribution >= 4 is 17.8 Å². The molecule has 0 saturated carbocycles. The number of pyridine rings is 1. The zero-order valence-electron chi connectivity index (χ0n) is 10.9. The highest BCUT2D eigenvalue weighted by molar-refractivity contribution is 6.21. The summed E-state index contributed by atoms with van der Waals surface area (Å²) in [5.41, 5.74) is 0.950. The molecule has 21 heavy (non-hydrogen) atoms. The molecular formula is C15H10N2O4.